The van der Waals surface area contributed by atoms with Gasteiger partial charge >= 0.3 is 5.97 Å². The summed E-state index contributed by atoms with van der Waals surface area (Å²) in [4.78, 5) is 10.2. The molecule has 0 aromatic heterocycles. The molecule has 108 valence electrons. The van der Waals surface area contributed by atoms with Crippen LogP contribution in [-0.4, -0.2) is 11.1 Å². The second-order valence-corrected chi connectivity index (χ2v) is 4.77. The first-order valence-corrected chi connectivity index (χ1v) is 7.53. The van der Waals surface area contributed by atoms with E-state index in [2.05, 4.69) is 24.8 Å². The molecule has 19 heavy (non-hydrogen) atoms. The summed E-state index contributed by atoms with van der Waals surface area (Å²) in [6.07, 6.45) is 19.0. The molecule has 0 unspecified atom stereocenters. The van der Waals surface area contributed by atoms with Crippen LogP contribution >= 0.6 is 0 Å². The SMILES string of the molecule is CCCCCCCCC=CCC=C=CCCC(=O)O. The van der Waals surface area contributed by atoms with Gasteiger partial charge in [0.1, 0.15) is 0 Å². The molecule has 0 aliphatic rings. The third kappa shape index (κ3) is 16.7. The first-order chi connectivity index (χ1) is 9.27. The summed E-state index contributed by atoms with van der Waals surface area (Å²) in [6.45, 7) is 2.24. The van der Waals surface area contributed by atoms with Crippen LogP contribution in [0.4, 0.5) is 0 Å². The standard InChI is InChI=1S/C17H28O2/c1-2-3-4-5-6-7-8-9-10-11-12-13-14-15-16-17(18)19/h9-10,12,14H,2-8,11,15-16H2,1H3,(H,18,19). The van der Waals surface area contributed by atoms with Gasteiger partial charge in [0, 0.05) is 6.42 Å². The van der Waals surface area contributed by atoms with Crippen LogP contribution in [-0.2, 0) is 4.79 Å². The highest BCUT2D eigenvalue weighted by Gasteiger charge is 1.90. The average Bonchev–Trinajstić information content (AvgIpc) is 2.39. The van der Waals surface area contributed by atoms with Crippen LogP contribution < -0.4 is 0 Å². The number of carboxylic acids is 1. The molecule has 0 saturated heterocycles. The third-order valence-corrected chi connectivity index (χ3v) is 2.88. The summed E-state index contributed by atoms with van der Waals surface area (Å²) in [6, 6.07) is 0. The maximum absolute atomic E-state index is 10.2. The molecule has 0 heterocycles. The lowest BCUT2D eigenvalue weighted by Crippen LogP contribution is -1.91. The summed E-state index contributed by atoms with van der Waals surface area (Å²) >= 11 is 0. The fraction of sp³-hybridized carbons (Fsp3) is 0.647. The van der Waals surface area contributed by atoms with Crippen molar-refractivity contribution in [2.24, 2.45) is 0 Å². The van der Waals surface area contributed by atoms with Gasteiger partial charge < -0.3 is 5.11 Å². The summed E-state index contributed by atoms with van der Waals surface area (Å²) < 4.78 is 0. The van der Waals surface area contributed by atoms with Crippen LogP contribution in [0, 0.1) is 0 Å². The van der Waals surface area contributed by atoms with Crippen molar-refractivity contribution in [3.05, 3.63) is 30.0 Å². The molecule has 0 atom stereocenters. The van der Waals surface area contributed by atoms with Gasteiger partial charge in [-0.15, -0.1) is 5.73 Å². The number of unbranched alkanes of at least 4 members (excludes halogenated alkanes) is 6. The Kier molecular flexibility index (Phi) is 13.8. The highest BCUT2D eigenvalue weighted by molar-refractivity contribution is 5.66. The number of carbonyl (C=O) groups is 1. The highest BCUT2D eigenvalue weighted by Crippen LogP contribution is 2.07. The lowest BCUT2D eigenvalue weighted by molar-refractivity contribution is -0.136. The minimum atomic E-state index is -0.753. The first kappa shape index (κ1) is 17.7. The Bertz CT molecular complexity index is 296. The molecular formula is C17H28O2. The molecule has 0 saturated carbocycles. The number of hydrogen-bond donors (Lipinski definition) is 1. The van der Waals surface area contributed by atoms with Gasteiger partial charge in [0.05, 0.1) is 0 Å². The Labute approximate surface area is 117 Å². The fourth-order valence-electron chi connectivity index (χ4n) is 1.75. The number of aliphatic carboxylic acids is 1. The van der Waals surface area contributed by atoms with Gasteiger partial charge in [0.2, 0.25) is 0 Å². The van der Waals surface area contributed by atoms with E-state index in [9.17, 15) is 4.79 Å². The molecule has 2 nitrogen and oxygen atoms in total. The predicted molar refractivity (Wildman–Crippen MR) is 81.3 cm³/mol. The summed E-state index contributed by atoms with van der Waals surface area (Å²) in [5.74, 6) is -0.753. The molecule has 2 heteroatoms. The zero-order chi connectivity index (χ0) is 14.2. The normalized spacial score (nSPS) is 10.4. The number of rotatable bonds is 12. The van der Waals surface area contributed by atoms with E-state index in [4.69, 9.17) is 5.11 Å². The Balaban J connectivity index is 3.33. The second kappa shape index (κ2) is 14.8. The van der Waals surface area contributed by atoms with Crippen LogP contribution in [0.25, 0.3) is 0 Å². The Morgan fingerprint density at radius 3 is 2.47 bits per heavy atom. The number of allylic oxidation sites excluding steroid dienone is 3. The van der Waals surface area contributed by atoms with Gasteiger partial charge in [0.25, 0.3) is 0 Å². The maximum Gasteiger partial charge on any atom is 0.303 e. The Hall–Kier alpha value is -1.27. The van der Waals surface area contributed by atoms with Crippen molar-refractivity contribution in [2.75, 3.05) is 0 Å². The monoisotopic (exact) mass is 264 g/mol. The largest absolute Gasteiger partial charge is 0.481 e. The van der Waals surface area contributed by atoms with E-state index in [0.29, 0.717) is 6.42 Å². The predicted octanol–water partition coefficient (Wildman–Crippen LogP) is 5.26. The van der Waals surface area contributed by atoms with E-state index in [0.717, 1.165) is 6.42 Å². The molecule has 0 aliphatic carbocycles. The summed E-state index contributed by atoms with van der Waals surface area (Å²) in [7, 11) is 0. The van der Waals surface area contributed by atoms with Crippen molar-refractivity contribution in [3.63, 3.8) is 0 Å². The van der Waals surface area contributed by atoms with E-state index in [1.807, 2.05) is 6.08 Å². The zero-order valence-corrected chi connectivity index (χ0v) is 12.2. The molecule has 0 fully saturated rings. The van der Waals surface area contributed by atoms with Crippen molar-refractivity contribution in [2.45, 2.75) is 71.1 Å². The first-order valence-electron chi connectivity index (χ1n) is 7.53. The van der Waals surface area contributed by atoms with Crippen LogP contribution in [0.3, 0.4) is 0 Å². The second-order valence-electron chi connectivity index (χ2n) is 4.77. The van der Waals surface area contributed by atoms with E-state index < -0.39 is 5.97 Å². The quantitative estimate of drug-likeness (QED) is 0.296. The van der Waals surface area contributed by atoms with Gasteiger partial charge in [0.15, 0.2) is 0 Å². The van der Waals surface area contributed by atoms with Crippen molar-refractivity contribution >= 4 is 5.97 Å². The van der Waals surface area contributed by atoms with Gasteiger partial charge in [-0.25, -0.2) is 0 Å². The fourth-order valence-corrected chi connectivity index (χ4v) is 1.75. The molecule has 0 aromatic rings. The van der Waals surface area contributed by atoms with Crippen LogP contribution in [0.2, 0.25) is 0 Å². The van der Waals surface area contributed by atoms with E-state index in [1.54, 1.807) is 6.08 Å². The van der Waals surface area contributed by atoms with Gasteiger partial charge in [-0.3, -0.25) is 4.79 Å². The zero-order valence-electron chi connectivity index (χ0n) is 12.2. The van der Waals surface area contributed by atoms with E-state index >= 15 is 0 Å². The minimum Gasteiger partial charge on any atom is -0.481 e. The Morgan fingerprint density at radius 1 is 1.00 bits per heavy atom. The topological polar surface area (TPSA) is 37.3 Å². The van der Waals surface area contributed by atoms with Gasteiger partial charge in [-0.1, -0.05) is 51.2 Å². The Morgan fingerprint density at radius 2 is 1.74 bits per heavy atom. The lowest BCUT2D eigenvalue weighted by Gasteiger charge is -1.97. The molecule has 0 radical (unpaired) electrons. The molecule has 0 spiro atoms. The molecule has 0 bridgehead atoms. The molecule has 0 amide bonds. The van der Waals surface area contributed by atoms with E-state index in [1.165, 1.54) is 44.9 Å². The van der Waals surface area contributed by atoms with Gasteiger partial charge in [-0.2, -0.15) is 0 Å². The third-order valence-electron chi connectivity index (χ3n) is 2.88. The highest BCUT2D eigenvalue weighted by atomic mass is 16.4. The van der Waals surface area contributed by atoms with Crippen LogP contribution in [0.15, 0.2) is 30.0 Å². The van der Waals surface area contributed by atoms with Gasteiger partial charge in [-0.05, 0) is 37.8 Å². The van der Waals surface area contributed by atoms with Crippen LogP contribution in [0.1, 0.15) is 71.1 Å². The molecule has 0 aromatic carbocycles. The summed E-state index contributed by atoms with van der Waals surface area (Å²) in [5, 5.41) is 8.44. The van der Waals surface area contributed by atoms with Crippen molar-refractivity contribution in [1.29, 1.82) is 0 Å². The molecular weight excluding hydrogens is 236 g/mol. The number of hydrogen-bond acceptors (Lipinski definition) is 1. The number of carboxylic acid groups (broad SMARTS) is 1. The maximum atomic E-state index is 10.2. The van der Waals surface area contributed by atoms with Crippen molar-refractivity contribution < 1.29 is 9.90 Å². The minimum absolute atomic E-state index is 0.189. The summed E-state index contributed by atoms with van der Waals surface area (Å²) in [5.41, 5.74) is 3.00. The molecule has 0 rings (SSSR count). The average molecular weight is 264 g/mol. The van der Waals surface area contributed by atoms with Crippen molar-refractivity contribution in [3.8, 4) is 0 Å². The lowest BCUT2D eigenvalue weighted by atomic mass is 10.1. The van der Waals surface area contributed by atoms with E-state index in [-0.39, 0.29) is 6.42 Å². The van der Waals surface area contributed by atoms with Crippen LogP contribution in [0.5, 0.6) is 0 Å². The molecule has 1 N–H and O–H groups in total. The van der Waals surface area contributed by atoms with Crippen molar-refractivity contribution in [1.82, 2.24) is 0 Å². The smallest absolute Gasteiger partial charge is 0.303 e. The molecule has 0 aliphatic heterocycles.